The molecule has 0 bridgehead atoms. The van der Waals surface area contributed by atoms with Gasteiger partial charge in [0.2, 0.25) is 15.9 Å². The Bertz CT molecular complexity index is 1380. The minimum atomic E-state index is -3.73. The molecule has 9 heteroatoms. The van der Waals surface area contributed by atoms with Crippen LogP contribution in [0.2, 0.25) is 0 Å². The van der Waals surface area contributed by atoms with E-state index in [0.717, 1.165) is 16.8 Å². The predicted molar refractivity (Wildman–Crippen MR) is 155 cm³/mol. The summed E-state index contributed by atoms with van der Waals surface area (Å²) in [6, 6.07) is 20.8. The molecule has 0 saturated heterocycles. The number of carbonyl (C=O) groups is 1. The fraction of sp³-hybridized carbons (Fsp3) is 0.286. The Hall–Kier alpha value is -3.27. The Labute approximate surface area is 224 Å². The van der Waals surface area contributed by atoms with Gasteiger partial charge < -0.3 is 16.4 Å². The first-order chi connectivity index (χ1) is 17.3. The van der Waals surface area contributed by atoms with Crippen molar-refractivity contribution >= 4 is 44.5 Å². The van der Waals surface area contributed by atoms with Crippen molar-refractivity contribution in [3.63, 3.8) is 0 Å². The number of amides is 1. The van der Waals surface area contributed by atoms with Crippen molar-refractivity contribution in [1.29, 1.82) is 0 Å². The van der Waals surface area contributed by atoms with Crippen molar-refractivity contribution in [2.75, 3.05) is 10.6 Å². The molecule has 0 spiro atoms. The molecule has 0 radical (unpaired) electrons. The van der Waals surface area contributed by atoms with E-state index >= 15 is 0 Å². The van der Waals surface area contributed by atoms with E-state index in [-0.39, 0.29) is 21.7 Å². The summed E-state index contributed by atoms with van der Waals surface area (Å²) >= 11 is 5.06. The monoisotopic (exact) mass is 538 g/mol. The van der Waals surface area contributed by atoms with Gasteiger partial charge in [0, 0.05) is 28.0 Å². The molecular formula is C28H34N4O3S2. The van der Waals surface area contributed by atoms with Gasteiger partial charge in [0.1, 0.15) is 11.0 Å². The summed E-state index contributed by atoms with van der Waals surface area (Å²) in [7, 11) is -3.73. The first-order valence-electron chi connectivity index (χ1n) is 12.0. The number of rotatable bonds is 9. The number of nitrogens with two attached hydrogens (primary N) is 1. The van der Waals surface area contributed by atoms with Crippen LogP contribution in [0.5, 0.6) is 0 Å². The summed E-state index contributed by atoms with van der Waals surface area (Å²) in [5.41, 5.74) is 8.50. The average molecular weight is 539 g/mol. The second-order valence-electron chi connectivity index (χ2n) is 10.2. The van der Waals surface area contributed by atoms with E-state index in [1.807, 2.05) is 38.1 Å². The third kappa shape index (κ3) is 7.61. The van der Waals surface area contributed by atoms with Gasteiger partial charge in [-0.05, 0) is 62.6 Å². The highest BCUT2D eigenvalue weighted by molar-refractivity contribution is 7.89. The van der Waals surface area contributed by atoms with Gasteiger partial charge in [0.25, 0.3) is 0 Å². The lowest BCUT2D eigenvalue weighted by atomic mass is 10.0. The standard InChI is InChI=1S/C28H34N4O3S2/c1-18(2)25(30-22-10-8-9-20(17-22)26(29)36)27(33)31-21-15-13-19(14-16-21)23-11-6-7-12-24(23)37(34,35)32-28(3,4)5/h6-18,25,30,32H,1-5H3,(H2,29,36)(H,31,33)/t25-/m0/s1. The van der Waals surface area contributed by atoms with Crippen molar-refractivity contribution in [2.24, 2.45) is 11.7 Å². The van der Waals surface area contributed by atoms with Crippen LogP contribution in [0.15, 0.2) is 77.7 Å². The first kappa shape index (κ1) is 28.3. The van der Waals surface area contributed by atoms with E-state index in [9.17, 15) is 13.2 Å². The molecule has 37 heavy (non-hydrogen) atoms. The van der Waals surface area contributed by atoms with Gasteiger partial charge in [-0.15, -0.1) is 0 Å². The lowest BCUT2D eigenvalue weighted by Crippen LogP contribution is -2.40. The van der Waals surface area contributed by atoms with E-state index in [1.54, 1.807) is 69.3 Å². The Kier molecular flexibility index (Phi) is 8.73. The molecule has 3 aromatic rings. The molecule has 0 aliphatic heterocycles. The van der Waals surface area contributed by atoms with Crippen LogP contribution in [0.4, 0.5) is 11.4 Å². The molecule has 0 fully saturated rings. The fourth-order valence-electron chi connectivity index (χ4n) is 3.83. The second kappa shape index (κ2) is 11.4. The molecule has 0 unspecified atom stereocenters. The number of benzene rings is 3. The SMILES string of the molecule is CC(C)[C@H](Nc1cccc(C(N)=S)c1)C(=O)Nc1ccc(-c2ccccc2S(=O)(=O)NC(C)(C)C)cc1. The van der Waals surface area contributed by atoms with Gasteiger partial charge in [-0.3, -0.25) is 4.79 Å². The molecule has 7 nitrogen and oxygen atoms in total. The van der Waals surface area contributed by atoms with Crippen molar-refractivity contribution in [3.05, 3.63) is 78.4 Å². The zero-order valence-corrected chi connectivity index (χ0v) is 23.3. The van der Waals surface area contributed by atoms with Crippen LogP contribution in [0.3, 0.4) is 0 Å². The minimum absolute atomic E-state index is 0.000146. The van der Waals surface area contributed by atoms with Gasteiger partial charge in [-0.25, -0.2) is 13.1 Å². The normalized spacial score (nSPS) is 12.7. The highest BCUT2D eigenvalue weighted by Crippen LogP contribution is 2.29. The quantitative estimate of drug-likeness (QED) is 0.281. The molecule has 3 rings (SSSR count). The molecule has 1 amide bonds. The second-order valence-corrected chi connectivity index (χ2v) is 12.3. The predicted octanol–water partition coefficient (Wildman–Crippen LogP) is 5.14. The zero-order valence-electron chi connectivity index (χ0n) is 21.7. The summed E-state index contributed by atoms with van der Waals surface area (Å²) < 4.78 is 28.7. The van der Waals surface area contributed by atoms with Crippen molar-refractivity contribution in [3.8, 4) is 11.1 Å². The summed E-state index contributed by atoms with van der Waals surface area (Å²) in [4.78, 5) is 13.6. The summed E-state index contributed by atoms with van der Waals surface area (Å²) in [5.74, 6) is -0.194. The molecule has 3 aromatic carbocycles. The van der Waals surface area contributed by atoms with E-state index in [4.69, 9.17) is 18.0 Å². The van der Waals surface area contributed by atoms with Gasteiger partial charge in [0.15, 0.2) is 0 Å². The summed E-state index contributed by atoms with van der Waals surface area (Å²) in [6.45, 7) is 9.32. The number of anilines is 2. The minimum Gasteiger partial charge on any atom is -0.389 e. The molecule has 0 aromatic heterocycles. The van der Waals surface area contributed by atoms with Gasteiger partial charge in [-0.2, -0.15) is 0 Å². The molecular weight excluding hydrogens is 504 g/mol. The number of sulfonamides is 1. The van der Waals surface area contributed by atoms with Crippen LogP contribution in [0.25, 0.3) is 11.1 Å². The topological polar surface area (TPSA) is 113 Å². The summed E-state index contributed by atoms with van der Waals surface area (Å²) in [6.07, 6.45) is 0. The Morgan fingerprint density at radius 1 is 0.919 bits per heavy atom. The van der Waals surface area contributed by atoms with E-state index < -0.39 is 21.6 Å². The van der Waals surface area contributed by atoms with E-state index in [1.165, 1.54) is 0 Å². The molecule has 0 saturated carbocycles. The van der Waals surface area contributed by atoms with Crippen LogP contribution in [0, 0.1) is 5.92 Å². The van der Waals surface area contributed by atoms with Gasteiger partial charge in [-0.1, -0.05) is 68.5 Å². The smallest absolute Gasteiger partial charge is 0.247 e. The van der Waals surface area contributed by atoms with Crippen LogP contribution < -0.4 is 21.1 Å². The first-order valence-corrected chi connectivity index (χ1v) is 13.9. The lowest BCUT2D eigenvalue weighted by molar-refractivity contribution is -0.117. The van der Waals surface area contributed by atoms with E-state index in [2.05, 4.69) is 15.4 Å². The van der Waals surface area contributed by atoms with Gasteiger partial charge >= 0.3 is 0 Å². The number of hydrogen-bond donors (Lipinski definition) is 4. The average Bonchev–Trinajstić information content (AvgIpc) is 2.81. The van der Waals surface area contributed by atoms with Crippen LogP contribution in [-0.2, 0) is 14.8 Å². The number of carbonyl (C=O) groups excluding carboxylic acids is 1. The number of nitrogens with one attached hydrogen (secondary N) is 3. The molecule has 0 aliphatic rings. The Morgan fingerprint density at radius 3 is 2.16 bits per heavy atom. The Balaban J connectivity index is 1.80. The Morgan fingerprint density at radius 2 is 1.57 bits per heavy atom. The third-order valence-corrected chi connectivity index (χ3v) is 7.55. The molecule has 196 valence electrons. The van der Waals surface area contributed by atoms with Crippen LogP contribution in [-0.4, -0.2) is 30.9 Å². The van der Waals surface area contributed by atoms with Crippen molar-refractivity contribution < 1.29 is 13.2 Å². The number of hydrogen-bond acceptors (Lipinski definition) is 5. The molecule has 0 heterocycles. The highest BCUT2D eigenvalue weighted by Gasteiger charge is 2.25. The van der Waals surface area contributed by atoms with Crippen LogP contribution in [0.1, 0.15) is 40.2 Å². The number of thiocarbonyl (C=S) groups is 1. The maximum Gasteiger partial charge on any atom is 0.247 e. The third-order valence-electron chi connectivity index (χ3n) is 5.50. The van der Waals surface area contributed by atoms with E-state index in [0.29, 0.717) is 11.3 Å². The maximum atomic E-state index is 13.1. The maximum absolute atomic E-state index is 13.1. The lowest BCUT2D eigenvalue weighted by Gasteiger charge is -2.23. The largest absolute Gasteiger partial charge is 0.389 e. The summed E-state index contributed by atoms with van der Waals surface area (Å²) in [5, 5.41) is 6.23. The van der Waals surface area contributed by atoms with Crippen molar-refractivity contribution in [2.45, 2.75) is 51.1 Å². The fourth-order valence-corrected chi connectivity index (χ4v) is 5.60. The zero-order chi connectivity index (χ0) is 27.4. The molecule has 0 aliphatic carbocycles. The molecule has 1 atom stereocenters. The van der Waals surface area contributed by atoms with Crippen molar-refractivity contribution in [1.82, 2.24) is 4.72 Å². The van der Waals surface area contributed by atoms with Crippen LogP contribution >= 0.6 is 12.2 Å². The highest BCUT2D eigenvalue weighted by atomic mass is 32.2. The van der Waals surface area contributed by atoms with Gasteiger partial charge in [0.05, 0.1) is 4.90 Å². The molecule has 5 N–H and O–H groups in total.